The molecule has 1 saturated heterocycles. The van der Waals surface area contributed by atoms with Crippen molar-refractivity contribution in [3.8, 4) is 0 Å². The number of rotatable bonds is 2. The topological polar surface area (TPSA) is 15.3 Å². The van der Waals surface area contributed by atoms with Crippen LogP contribution in [0.25, 0.3) is 0 Å². The smallest absolute Gasteiger partial charge is 0.365 e. The van der Waals surface area contributed by atoms with E-state index in [-0.39, 0.29) is 16.6 Å². The van der Waals surface area contributed by atoms with Gasteiger partial charge in [-0.2, -0.15) is 13.2 Å². The van der Waals surface area contributed by atoms with Crippen molar-refractivity contribution in [1.29, 1.82) is 0 Å². The van der Waals surface area contributed by atoms with Gasteiger partial charge in [-0.15, -0.1) is 0 Å². The van der Waals surface area contributed by atoms with Crippen LogP contribution in [-0.2, 0) is 6.18 Å². The molecule has 1 atom stereocenters. The summed E-state index contributed by atoms with van der Waals surface area (Å²) in [5.41, 5.74) is -0.306. The average Bonchev–Trinajstić information content (AvgIpc) is 2.36. The van der Waals surface area contributed by atoms with Crippen molar-refractivity contribution in [3.63, 3.8) is 0 Å². The lowest BCUT2D eigenvalue weighted by molar-refractivity contribution is -0.137. The molecule has 118 valence electrons. The minimum absolute atomic E-state index is 0.117. The lowest BCUT2D eigenvalue weighted by Crippen LogP contribution is -2.61. The molecule has 1 aliphatic rings. The van der Waals surface area contributed by atoms with E-state index in [0.717, 1.165) is 19.0 Å². The summed E-state index contributed by atoms with van der Waals surface area (Å²) in [7, 11) is 0. The molecule has 6 heteroatoms. The zero-order valence-electron chi connectivity index (χ0n) is 12.4. The predicted molar refractivity (Wildman–Crippen MR) is 80.0 cm³/mol. The molecule has 0 spiro atoms. The molecule has 0 radical (unpaired) electrons. The maximum absolute atomic E-state index is 13.0. The third-order valence-electron chi connectivity index (χ3n) is 3.84. The Balaban J connectivity index is 2.41. The Kier molecular flexibility index (Phi) is 4.45. The van der Waals surface area contributed by atoms with E-state index in [9.17, 15) is 13.2 Å². The van der Waals surface area contributed by atoms with Crippen LogP contribution in [0, 0.1) is 0 Å². The minimum Gasteiger partial charge on any atom is -0.365 e. The molecule has 1 aromatic carbocycles. The van der Waals surface area contributed by atoms with Crippen LogP contribution in [0.3, 0.4) is 0 Å². The van der Waals surface area contributed by atoms with Gasteiger partial charge < -0.3 is 10.2 Å². The molecule has 2 nitrogen and oxygen atoms in total. The van der Waals surface area contributed by atoms with Crippen LogP contribution < -0.4 is 10.2 Å². The monoisotopic (exact) mass is 320 g/mol. The Morgan fingerprint density at radius 1 is 1.33 bits per heavy atom. The number of nitrogens with zero attached hydrogens (tertiary/aromatic N) is 1. The lowest BCUT2D eigenvalue weighted by Gasteiger charge is -2.46. The van der Waals surface area contributed by atoms with Crippen molar-refractivity contribution in [2.24, 2.45) is 0 Å². The zero-order valence-corrected chi connectivity index (χ0v) is 13.1. The maximum atomic E-state index is 13.0. The molecule has 1 aliphatic heterocycles. The fourth-order valence-electron chi connectivity index (χ4n) is 2.69. The Bertz CT molecular complexity index is 514. The highest BCUT2D eigenvalue weighted by atomic mass is 35.5. The van der Waals surface area contributed by atoms with E-state index < -0.39 is 11.7 Å². The van der Waals surface area contributed by atoms with Gasteiger partial charge >= 0.3 is 6.18 Å². The average molecular weight is 321 g/mol. The van der Waals surface area contributed by atoms with Gasteiger partial charge in [-0.1, -0.05) is 18.5 Å². The van der Waals surface area contributed by atoms with Gasteiger partial charge in [-0.3, -0.25) is 0 Å². The fraction of sp³-hybridized carbons (Fsp3) is 0.600. The van der Waals surface area contributed by atoms with Gasteiger partial charge in [0.2, 0.25) is 0 Å². The second-order valence-corrected chi connectivity index (χ2v) is 6.59. The van der Waals surface area contributed by atoms with Crippen LogP contribution >= 0.6 is 11.6 Å². The number of alkyl halides is 3. The molecule has 0 bridgehead atoms. The Morgan fingerprint density at radius 3 is 2.57 bits per heavy atom. The van der Waals surface area contributed by atoms with Crippen LogP contribution in [0.5, 0.6) is 0 Å². The molecule has 0 aliphatic carbocycles. The Hall–Kier alpha value is -0.940. The van der Waals surface area contributed by atoms with E-state index in [2.05, 4.69) is 5.32 Å². The van der Waals surface area contributed by atoms with Crippen LogP contribution in [-0.4, -0.2) is 24.7 Å². The summed E-state index contributed by atoms with van der Waals surface area (Å²) in [5, 5.41) is 3.54. The van der Waals surface area contributed by atoms with Gasteiger partial charge in [-0.25, -0.2) is 0 Å². The molecular weight excluding hydrogens is 301 g/mol. The standard InChI is InChI=1S/C15H20ClF3N2/c1-4-12-8-20-14(2,3)9-21(12)13-6-10(15(17,18)19)5-11(16)7-13/h5-7,12,20H,4,8-9H2,1-3H3. The zero-order chi connectivity index (χ0) is 15.8. The van der Waals surface area contributed by atoms with Crippen molar-refractivity contribution in [2.45, 2.75) is 44.9 Å². The van der Waals surface area contributed by atoms with Crippen LogP contribution in [0.2, 0.25) is 5.02 Å². The molecule has 1 fully saturated rings. The summed E-state index contributed by atoms with van der Waals surface area (Å²) in [6, 6.07) is 3.94. The number of halogens is 4. The number of benzene rings is 1. The van der Waals surface area contributed by atoms with Crippen molar-refractivity contribution in [1.82, 2.24) is 5.32 Å². The number of hydrogen-bond acceptors (Lipinski definition) is 2. The molecule has 2 rings (SSSR count). The van der Waals surface area contributed by atoms with Gasteiger partial charge in [0.25, 0.3) is 0 Å². The molecule has 1 N–H and O–H groups in total. The maximum Gasteiger partial charge on any atom is 0.416 e. The van der Waals surface area contributed by atoms with Gasteiger partial charge in [0.15, 0.2) is 0 Å². The van der Waals surface area contributed by atoms with E-state index in [1.54, 1.807) is 6.07 Å². The SMILES string of the molecule is CCC1CNC(C)(C)CN1c1cc(Cl)cc(C(F)(F)F)c1. The molecule has 0 aromatic heterocycles. The number of hydrogen-bond donors (Lipinski definition) is 1. The first-order valence-corrected chi connectivity index (χ1v) is 7.39. The highest BCUT2D eigenvalue weighted by Crippen LogP contribution is 2.36. The van der Waals surface area contributed by atoms with Crippen molar-refractivity contribution in [3.05, 3.63) is 28.8 Å². The van der Waals surface area contributed by atoms with Gasteiger partial charge in [0.1, 0.15) is 0 Å². The Labute approximate surface area is 128 Å². The van der Waals surface area contributed by atoms with E-state index >= 15 is 0 Å². The van der Waals surface area contributed by atoms with Gasteiger partial charge in [0, 0.05) is 35.4 Å². The molecular formula is C15H20ClF3N2. The Morgan fingerprint density at radius 2 is 2.00 bits per heavy atom. The first kappa shape index (κ1) is 16.4. The number of piperazine rings is 1. The summed E-state index contributed by atoms with van der Waals surface area (Å²) in [6.07, 6.45) is -3.53. The number of nitrogens with one attached hydrogen (secondary N) is 1. The molecule has 1 aromatic rings. The minimum atomic E-state index is -4.38. The normalized spacial score (nSPS) is 22.4. The highest BCUT2D eigenvalue weighted by Gasteiger charge is 2.35. The second-order valence-electron chi connectivity index (χ2n) is 6.15. The molecule has 21 heavy (non-hydrogen) atoms. The molecule has 1 unspecified atom stereocenters. The lowest BCUT2D eigenvalue weighted by atomic mass is 9.96. The first-order chi connectivity index (χ1) is 9.62. The molecule has 0 saturated carbocycles. The predicted octanol–water partition coefficient (Wildman–Crippen LogP) is 4.33. The molecule has 0 amide bonds. The van der Waals surface area contributed by atoms with E-state index in [0.29, 0.717) is 12.2 Å². The third-order valence-corrected chi connectivity index (χ3v) is 4.05. The summed E-state index contributed by atoms with van der Waals surface area (Å²) < 4.78 is 38.9. The van der Waals surface area contributed by atoms with E-state index in [1.165, 1.54) is 6.07 Å². The summed E-state index contributed by atoms with van der Waals surface area (Å²) in [5.74, 6) is 0. The molecule has 1 heterocycles. The van der Waals surface area contributed by atoms with Crippen LogP contribution in [0.15, 0.2) is 18.2 Å². The first-order valence-electron chi connectivity index (χ1n) is 7.02. The van der Waals surface area contributed by atoms with Crippen LogP contribution in [0.4, 0.5) is 18.9 Å². The number of anilines is 1. The largest absolute Gasteiger partial charge is 0.416 e. The summed E-state index contributed by atoms with van der Waals surface area (Å²) in [4.78, 5) is 2.03. The highest BCUT2D eigenvalue weighted by molar-refractivity contribution is 6.31. The van der Waals surface area contributed by atoms with Gasteiger partial charge in [0.05, 0.1) is 5.56 Å². The van der Waals surface area contributed by atoms with E-state index in [4.69, 9.17) is 11.6 Å². The third kappa shape index (κ3) is 3.83. The van der Waals surface area contributed by atoms with Gasteiger partial charge in [-0.05, 0) is 38.5 Å². The van der Waals surface area contributed by atoms with Crippen molar-refractivity contribution < 1.29 is 13.2 Å². The fourth-order valence-corrected chi connectivity index (χ4v) is 2.91. The second kappa shape index (κ2) is 5.69. The van der Waals surface area contributed by atoms with E-state index in [1.807, 2.05) is 25.7 Å². The quantitative estimate of drug-likeness (QED) is 0.872. The van der Waals surface area contributed by atoms with Crippen LogP contribution in [0.1, 0.15) is 32.8 Å². The summed E-state index contributed by atoms with van der Waals surface area (Å²) in [6.45, 7) is 7.51. The van der Waals surface area contributed by atoms with Crippen molar-refractivity contribution >= 4 is 17.3 Å². The van der Waals surface area contributed by atoms with Crippen molar-refractivity contribution in [2.75, 3.05) is 18.0 Å². The summed E-state index contributed by atoms with van der Waals surface area (Å²) >= 11 is 5.89.